The van der Waals surface area contributed by atoms with Crippen molar-refractivity contribution in [1.29, 1.82) is 0 Å². The predicted molar refractivity (Wildman–Crippen MR) is 114 cm³/mol. The molecule has 0 spiro atoms. The summed E-state index contributed by atoms with van der Waals surface area (Å²) >= 11 is 1.39. The molecule has 4 rings (SSSR count). The van der Waals surface area contributed by atoms with Crippen LogP contribution in [0, 0.1) is 6.92 Å². The molecule has 0 fully saturated rings. The van der Waals surface area contributed by atoms with Gasteiger partial charge < -0.3 is 5.32 Å². The lowest BCUT2D eigenvalue weighted by Crippen LogP contribution is -2.05. The molecule has 0 atom stereocenters. The van der Waals surface area contributed by atoms with Gasteiger partial charge in [0.25, 0.3) is 0 Å². The van der Waals surface area contributed by atoms with Crippen LogP contribution in [0.3, 0.4) is 0 Å². The first-order valence-corrected chi connectivity index (χ1v) is 10.3. The van der Waals surface area contributed by atoms with Gasteiger partial charge in [-0.1, -0.05) is 30.0 Å². The van der Waals surface area contributed by atoms with E-state index in [2.05, 4.69) is 20.3 Å². The molecule has 0 saturated heterocycles. The normalized spacial score (nSPS) is 11.6. The van der Waals surface area contributed by atoms with Gasteiger partial charge in [0, 0.05) is 28.4 Å². The molecule has 0 aliphatic heterocycles. The van der Waals surface area contributed by atoms with E-state index in [1.165, 1.54) is 23.9 Å². The van der Waals surface area contributed by atoms with E-state index in [0.717, 1.165) is 39.9 Å². The van der Waals surface area contributed by atoms with Crippen LogP contribution >= 0.6 is 11.8 Å². The molecule has 2 aromatic heterocycles. The number of hydrogen-bond acceptors (Lipinski definition) is 5. The molecule has 0 unspecified atom stereocenters. The fourth-order valence-corrected chi connectivity index (χ4v) is 3.45. The van der Waals surface area contributed by atoms with Gasteiger partial charge in [-0.15, -0.1) is 0 Å². The summed E-state index contributed by atoms with van der Waals surface area (Å²) in [6.45, 7) is 1.88. The van der Waals surface area contributed by atoms with Crippen LogP contribution < -0.4 is 5.32 Å². The van der Waals surface area contributed by atoms with Crippen LogP contribution in [0.1, 0.15) is 11.1 Å². The number of aromatic nitrogens is 3. The average molecular weight is 426 g/mol. The Morgan fingerprint density at radius 2 is 1.73 bits per heavy atom. The molecule has 0 bridgehead atoms. The zero-order valence-electron chi connectivity index (χ0n) is 16.2. The Labute approximate surface area is 175 Å². The van der Waals surface area contributed by atoms with E-state index in [4.69, 9.17) is 0 Å². The smallest absolute Gasteiger partial charge is 0.340 e. The highest BCUT2D eigenvalue weighted by Gasteiger charge is 2.30. The van der Waals surface area contributed by atoms with Gasteiger partial charge in [0.15, 0.2) is 5.16 Å². The number of thioether (sulfide) groups is 1. The van der Waals surface area contributed by atoms with Crippen LogP contribution in [0.2, 0.25) is 0 Å². The molecule has 0 amide bonds. The largest absolute Gasteiger partial charge is 0.416 e. The van der Waals surface area contributed by atoms with Crippen molar-refractivity contribution in [1.82, 2.24) is 15.0 Å². The predicted octanol–water partition coefficient (Wildman–Crippen LogP) is 6.48. The fraction of sp³-hybridized carbons (Fsp3) is 0.136. The lowest BCUT2D eigenvalue weighted by atomic mass is 10.0. The van der Waals surface area contributed by atoms with Crippen LogP contribution in [-0.2, 0) is 6.18 Å². The van der Waals surface area contributed by atoms with Gasteiger partial charge in [-0.2, -0.15) is 13.2 Å². The molecule has 1 N–H and O–H groups in total. The first-order valence-electron chi connectivity index (χ1n) is 9.07. The first-order chi connectivity index (χ1) is 14.3. The molecule has 0 aliphatic carbocycles. The van der Waals surface area contributed by atoms with Gasteiger partial charge in [-0.3, -0.25) is 4.98 Å². The topological polar surface area (TPSA) is 50.7 Å². The third-order valence-electron chi connectivity index (χ3n) is 4.66. The summed E-state index contributed by atoms with van der Waals surface area (Å²) in [7, 11) is 0. The Balaban J connectivity index is 1.74. The fourth-order valence-electron chi connectivity index (χ4n) is 3.08. The van der Waals surface area contributed by atoms with Crippen molar-refractivity contribution < 1.29 is 13.2 Å². The first kappa shape index (κ1) is 20.2. The summed E-state index contributed by atoms with van der Waals surface area (Å²) in [5.41, 5.74) is 3.12. The van der Waals surface area contributed by atoms with Gasteiger partial charge in [-0.05, 0) is 49.6 Å². The van der Waals surface area contributed by atoms with Gasteiger partial charge in [0.05, 0.1) is 16.8 Å². The van der Waals surface area contributed by atoms with Crippen molar-refractivity contribution in [2.75, 3.05) is 11.6 Å². The van der Waals surface area contributed by atoms with Crippen molar-refractivity contribution in [3.8, 4) is 11.3 Å². The molecule has 8 heteroatoms. The van der Waals surface area contributed by atoms with Crippen molar-refractivity contribution in [3.05, 3.63) is 71.9 Å². The molecule has 4 nitrogen and oxygen atoms in total. The highest BCUT2D eigenvalue weighted by Crippen LogP contribution is 2.33. The number of nitrogens with zero attached hydrogens (tertiary/aromatic N) is 3. The maximum Gasteiger partial charge on any atom is 0.416 e. The standard InChI is InChI=1S/C22H17F3N4S/c1-13-19(15-6-5-14-4-3-11-26-18(14)12-15)28-21(30-2)29-20(13)27-17-9-7-16(8-10-17)22(23,24)25/h3-12H,1-2H3,(H,27,28,29). The SMILES string of the molecule is CSc1nc(Nc2ccc(C(F)(F)F)cc2)c(C)c(-c2ccc3cccnc3c2)n1. The zero-order chi connectivity index (χ0) is 21.3. The number of fused-ring (bicyclic) bond motifs is 1. The van der Waals surface area contributed by atoms with Crippen LogP contribution in [0.4, 0.5) is 24.7 Å². The Bertz CT molecular complexity index is 1210. The summed E-state index contributed by atoms with van der Waals surface area (Å²) in [5.74, 6) is 0.547. The highest BCUT2D eigenvalue weighted by molar-refractivity contribution is 7.98. The zero-order valence-corrected chi connectivity index (χ0v) is 17.0. The summed E-state index contributed by atoms with van der Waals surface area (Å²) in [5, 5.41) is 4.72. The van der Waals surface area contributed by atoms with Gasteiger partial charge in [0.2, 0.25) is 0 Å². The maximum absolute atomic E-state index is 12.8. The Morgan fingerprint density at radius 1 is 0.967 bits per heavy atom. The minimum Gasteiger partial charge on any atom is -0.340 e. The molecular weight excluding hydrogens is 409 g/mol. The van der Waals surface area contributed by atoms with Crippen LogP contribution in [0.15, 0.2) is 66.0 Å². The third kappa shape index (κ3) is 4.09. The second kappa shape index (κ2) is 7.95. The van der Waals surface area contributed by atoms with E-state index in [0.29, 0.717) is 16.7 Å². The molecule has 2 aromatic carbocycles. The number of anilines is 2. The number of pyridine rings is 1. The van der Waals surface area contributed by atoms with Crippen molar-refractivity contribution >= 4 is 34.2 Å². The number of alkyl halides is 3. The number of rotatable bonds is 4. The van der Waals surface area contributed by atoms with E-state index >= 15 is 0 Å². The number of benzene rings is 2. The quantitative estimate of drug-likeness (QED) is 0.299. The van der Waals surface area contributed by atoms with E-state index < -0.39 is 11.7 Å². The number of hydrogen-bond donors (Lipinski definition) is 1. The molecule has 152 valence electrons. The Hall–Kier alpha value is -3.13. The van der Waals surface area contributed by atoms with Gasteiger partial charge in [-0.25, -0.2) is 9.97 Å². The van der Waals surface area contributed by atoms with E-state index in [1.54, 1.807) is 6.20 Å². The summed E-state index contributed by atoms with van der Waals surface area (Å²) in [6.07, 6.45) is -0.755. The van der Waals surface area contributed by atoms with Crippen LogP contribution in [-0.4, -0.2) is 21.2 Å². The summed E-state index contributed by atoms with van der Waals surface area (Å²) < 4.78 is 38.4. The van der Waals surface area contributed by atoms with Gasteiger partial charge in [0.1, 0.15) is 5.82 Å². The molecule has 30 heavy (non-hydrogen) atoms. The lowest BCUT2D eigenvalue weighted by Gasteiger charge is -2.14. The van der Waals surface area contributed by atoms with E-state index in [-0.39, 0.29) is 0 Å². The number of halogens is 3. The minimum atomic E-state index is -4.37. The van der Waals surface area contributed by atoms with Crippen molar-refractivity contribution in [3.63, 3.8) is 0 Å². The van der Waals surface area contributed by atoms with Crippen molar-refractivity contribution in [2.45, 2.75) is 18.3 Å². The van der Waals surface area contributed by atoms with Crippen LogP contribution in [0.5, 0.6) is 0 Å². The Kier molecular flexibility index (Phi) is 5.34. The highest BCUT2D eigenvalue weighted by atomic mass is 32.2. The second-order valence-electron chi connectivity index (χ2n) is 6.64. The van der Waals surface area contributed by atoms with Crippen molar-refractivity contribution in [2.24, 2.45) is 0 Å². The minimum absolute atomic E-state index is 0.517. The monoisotopic (exact) mass is 426 g/mol. The lowest BCUT2D eigenvalue weighted by molar-refractivity contribution is -0.137. The van der Waals surface area contributed by atoms with E-state index in [1.807, 2.05) is 43.5 Å². The molecule has 0 aliphatic rings. The summed E-state index contributed by atoms with van der Waals surface area (Å²) in [4.78, 5) is 13.6. The molecular formula is C22H17F3N4S. The van der Waals surface area contributed by atoms with Gasteiger partial charge >= 0.3 is 6.18 Å². The molecule has 0 radical (unpaired) electrons. The second-order valence-corrected chi connectivity index (χ2v) is 7.42. The maximum atomic E-state index is 12.8. The molecule has 4 aromatic rings. The average Bonchev–Trinajstić information content (AvgIpc) is 2.74. The molecule has 0 saturated carbocycles. The number of nitrogens with one attached hydrogen (secondary N) is 1. The Morgan fingerprint density at radius 3 is 2.43 bits per heavy atom. The van der Waals surface area contributed by atoms with E-state index in [9.17, 15) is 13.2 Å². The summed E-state index contributed by atoms with van der Waals surface area (Å²) in [6, 6.07) is 14.7. The third-order valence-corrected chi connectivity index (χ3v) is 5.21. The van der Waals surface area contributed by atoms with Crippen LogP contribution in [0.25, 0.3) is 22.2 Å². The molecule has 2 heterocycles.